The second-order valence-electron chi connectivity index (χ2n) is 6.08. The van der Waals surface area contributed by atoms with Gasteiger partial charge in [-0.3, -0.25) is 0 Å². The summed E-state index contributed by atoms with van der Waals surface area (Å²) < 4.78 is 0. The summed E-state index contributed by atoms with van der Waals surface area (Å²) in [4.78, 5) is 4.75. The maximum atomic E-state index is 2.42. The molecule has 0 spiro atoms. The van der Waals surface area contributed by atoms with E-state index in [9.17, 15) is 0 Å². The number of hydrogen-bond donors (Lipinski definition) is 0. The standard InChI is InChI=1S/C16H18N2/c1-15-8-9-16(15,2)14-17(3)10-11-18(14)13-7-5-4-6-12(13)15/h4-11,14H,1-3H3. The lowest BCUT2D eigenvalue weighted by Gasteiger charge is -2.61. The highest BCUT2D eigenvalue weighted by atomic mass is 15.4. The molecule has 3 unspecified atom stereocenters. The van der Waals surface area contributed by atoms with Gasteiger partial charge in [0, 0.05) is 36.0 Å². The van der Waals surface area contributed by atoms with Gasteiger partial charge in [-0.1, -0.05) is 44.2 Å². The van der Waals surface area contributed by atoms with Gasteiger partial charge in [0.25, 0.3) is 0 Å². The molecule has 2 heterocycles. The SMILES string of the molecule is CN1C=CN2c3ccccc3C3(C)C=CC3(C)C12. The summed E-state index contributed by atoms with van der Waals surface area (Å²) in [5, 5.41) is 0. The maximum absolute atomic E-state index is 2.42. The third kappa shape index (κ3) is 0.858. The van der Waals surface area contributed by atoms with E-state index in [-0.39, 0.29) is 10.8 Å². The lowest BCUT2D eigenvalue weighted by molar-refractivity contribution is 0.0978. The van der Waals surface area contributed by atoms with E-state index in [1.165, 1.54) is 11.3 Å². The van der Waals surface area contributed by atoms with Crippen molar-refractivity contribution in [1.82, 2.24) is 4.90 Å². The number of allylic oxidation sites excluding steroid dienone is 1. The largest absolute Gasteiger partial charge is 0.358 e. The highest BCUT2D eigenvalue weighted by Gasteiger charge is 2.60. The Bertz CT molecular complexity index is 589. The highest BCUT2D eigenvalue weighted by Crippen LogP contribution is 2.61. The van der Waals surface area contributed by atoms with Crippen LogP contribution in [0.3, 0.4) is 0 Å². The van der Waals surface area contributed by atoms with Crippen molar-refractivity contribution in [2.75, 3.05) is 11.9 Å². The predicted molar refractivity (Wildman–Crippen MR) is 74.2 cm³/mol. The van der Waals surface area contributed by atoms with Crippen LogP contribution < -0.4 is 4.90 Å². The van der Waals surface area contributed by atoms with Crippen LogP contribution in [0.15, 0.2) is 48.8 Å². The first-order valence-electron chi connectivity index (χ1n) is 6.56. The van der Waals surface area contributed by atoms with Crippen LogP contribution in [0.25, 0.3) is 0 Å². The Morgan fingerprint density at radius 1 is 1.06 bits per heavy atom. The van der Waals surface area contributed by atoms with Crippen molar-refractivity contribution in [2.45, 2.75) is 25.4 Å². The smallest absolute Gasteiger partial charge is 0.115 e. The van der Waals surface area contributed by atoms with Crippen LogP contribution in [-0.2, 0) is 5.41 Å². The third-order valence-electron chi connectivity index (χ3n) is 5.27. The molecule has 2 heteroatoms. The second-order valence-corrected chi connectivity index (χ2v) is 6.08. The number of nitrogens with zero attached hydrogens (tertiary/aromatic N) is 2. The monoisotopic (exact) mass is 238 g/mol. The zero-order chi connectivity index (χ0) is 12.5. The number of fused-ring (bicyclic) bond motifs is 6. The first-order valence-corrected chi connectivity index (χ1v) is 6.56. The first-order chi connectivity index (χ1) is 8.58. The molecule has 3 aliphatic rings. The zero-order valence-electron chi connectivity index (χ0n) is 11.1. The molecule has 3 atom stereocenters. The summed E-state index contributed by atoms with van der Waals surface area (Å²) in [6.45, 7) is 4.75. The van der Waals surface area contributed by atoms with Crippen molar-refractivity contribution in [3.05, 3.63) is 54.4 Å². The number of anilines is 1. The van der Waals surface area contributed by atoms with Gasteiger partial charge in [-0.2, -0.15) is 0 Å². The fraction of sp³-hybridized carbons (Fsp3) is 0.375. The van der Waals surface area contributed by atoms with Crippen LogP contribution in [0.5, 0.6) is 0 Å². The van der Waals surface area contributed by atoms with E-state index in [2.05, 4.69) is 79.5 Å². The normalized spacial score (nSPS) is 39.2. The molecule has 1 aromatic carbocycles. The molecule has 0 saturated heterocycles. The van der Waals surface area contributed by atoms with E-state index in [4.69, 9.17) is 0 Å². The minimum atomic E-state index is 0.158. The van der Waals surface area contributed by atoms with E-state index >= 15 is 0 Å². The van der Waals surface area contributed by atoms with Gasteiger partial charge >= 0.3 is 0 Å². The molecule has 0 amide bonds. The van der Waals surface area contributed by atoms with Gasteiger partial charge in [-0.05, 0) is 11.6 Å². The van der Waals surface area contributed by atoms with Gasteiger partial charge < -0.3 is 9.80 Å². The molecular weight excluding hydrogens is 220 g/mol. The maximum Gasteiger partial charge on any atom is 0.115 e. The van der Waals surface area contributed by atoms with Gasteiger partial charge in [0.2, 0.25) is 0 Å². The minimum absolute atomic E-state index is 0.158. The Balaban J connectivity index is 2.02. The molecule has 92 valence electrons. The molecule has 1 aromatic rings. The predicted octanol–water partition coefficient (Wildman–Crippen LogP) is 3.08. The van der Waals surface area contributed by atoms with Gasteiger partial charge in [-0.15, -0.1) is 0 Å². The number of benzene rings is 1. The average Bonchev–Trinajstić information content (AvgIpc) is 2.77. The molecule has 0 N–H and O–H groups in total. The summed E-state index contributed by atoms with van der Waals surface area (Å²) in [7, 11) is 2.17. The van der Waals surface area contributed by atoms with Crippen molar-refractivity contribution >= 4 is 5.69 Å². The minimum Gasteiger partial charge on any atom is -0.358 e. The average molecular weight is 238 g/mol. The third-order valence-corrected chi connectivity index (χ3v) is 5.27. The van der Waals surface area contributed by atoms with Crippen molar-refractivity contribution in [2.24, 2.45) is 5.41 Å². The molecule has 4 rings (SSSR count). The first kappa shape index (κ1) is 10.2. The molecule has 0 fully saturated rings. The van der Waals surface area contributed by atoms with Crippen LogP contribution in [0, 0.1) is 5.41 Å². The molecule has 0 aromatic heterocycles. The molecule has 2 aliphatic heterocycles. The van der Waals surface area contributed by atoms with Crippen LogP contribution in [0.4, 0.5) is 5.69 Å². The lowest BCUT2D eigenvalue weighted by Crippen LogP contribution is -2.63. The number of para-hydroxylation sites is 1. The molecular formula is C16H18N2. The van der Waals surface area contributed by atoms with Crippen LogP contribution >= 0.6 is 0 Å². The van der Waals surface area contributed by atoms with E-state index in [0.29, 0.717) is 6.17 Å². The Hall–Kier alpha value is -1.70. The summed E-state index contributed by atoms with van der Waals surface area (Å²) in [6.07, 6.45) is 9.55. The lowest BCUT2D eigenvalue weighted by atomic mass is 9.51. The van der Waals surface area contributed by atoms with E-state index < -0.39 is 0 Å². The second kappa shape index (κ2) is 2.82. The zero-order valence-corrected chi connectivity index (χ0v) is 11.1. The molecule has 0 radical (unpaired) electrons. The molecule has 0 saturated carbocycles. The van der Waals surface area contributed by atoms with Crippen molar-refractivity contribution < 1.29 is 0 Å². The summed E-state index contributed by atoms with van der Waals surface area (Å²) in [6, 6.07) is 8.80. The van der Waals surface area contributed by atoms with Gasteiger partial charge in [0.1, 0.15) is 6.17 Å². The number of rotatable bonds is 0. The molecule has 18 heavy (non-hydrogen) atoms. The summed E-state index contributed by atoms with van der Waals surface area (Å²) in [5.41, 5.74) is 3.14. The van der Waals surface area contributed by atoms with Crippen LogP contribution in [0.2, 0.25) is 0 Å². The molecule has 2 nitrogen and oxygen atoms in total. The Morgan fingerprint density at radius 3 is 2.56 bits per heavy atom. The Kier molecular flexibility index (Phi) is 1.61. The van der Waals surface area contributed by atoms with E-state index in [1.807, 2.05) is 0 Å². The van der Waals surface area contributed by atoms with Crippen LogP contribution in [-0.4, -0.2) is 18.1 Å². The Labute approximate surface area is 108 Å². The van der Waals surface area contributed by atoms with Gasteiger partial charge in [-0.25, -0.2) is 0 Å². The quantitative estimate of drug-likeness (QED) is 0.641. The highest BCUT2D eigenvalue weighted by molar-refractivity contribution is 5.68. The topological polar surface area (TPSA) is 6.48 Å². The van der Waals surface area contributed by atoms with Crippen molar-refractivity contribution in [3.63, 3.8) is 0 Å². The summed E-state index contributed by atoms with van der Waals surface area (Å²) in [5.74, 6) is 0. The summed E-state index contributed by atoms with van der Waals surface area (Å²) >= 11 is 0. The molecule has 0 bridgehead atoms. The van der Waals surface area contributed by atoms with Crippen LogP contribution in [0.1, 0.15) is 19.4 Å². The Morgan fingerprint density at radius 2 is 1.83 bits per heavy atom. The van der Waals surface area contributed by atoms with E-state index in [1.54, 1.807) is 0 Å². The number of hydrogen-bond acceptors (Lipinski definition) is 2. The molecule has 1 aliphatic carbocycles. The van der Waals surface area contributed by atoms with E-state index in [0.717, 1.165) is 0 Å². The fourth-order valence-electron chi connectivity index (χ4n) is 3.93. The van der Waals surface area contributed by atoms with Gasteiger partial charge in [0.15, 0.2) is 0 Å². The fourth-order valence-corrected chi connectivity index (χ4v) is 3.93. The van der Waals surface area contributed by atoms with Crippen molar-refractivity contribution in [3.8, 4) is 0 Å². The van der Waals surface area contributed by atoms with Gasteiger partial charge in [0.05, 0.1) is 0 Å². The van der Waals surface area contributed by atoms with Crippen molar-refractivity contribution in [1.29, 1.82) is 0 Å².